The Hall–Kier alpha value is -3.26. The highest BCUT2D eigenvalue weighted by Gasteiger charge is 2.11. The van der Waals surface area contributed by atoms with E-state index in [1.807, 2.05) is 18.2 Å². The van der Waals surface area contributed by atoms with Gasteiger partial charge in [0.1, 0.15) is 6.33 Å². The summed E-state index contributed by atoms with van der Waals surface area (Å²) in [7, 11) is 0. The predicted octanol–water partition coefficient (Wildman–Crippen LogP) is 3.14. The van der Waals surface area contributed by atoms with Crippen LogP contribution in [0.15, 0.2) is 54.9 Å². The van der Waals surface area contributed by atoms with Gasteiger partial charge in [-0.3, -0.25) is 20.2 Å². The lowest BCUT2D eigenvalue weighted by molar-refractivity contribution is -0.384. The van der Waals surface area contributed by atoms with Crippen LogP contribution in [0.2, 0.25) is 5.02 Å². The fraction of sp³-hybridized carbons (Fsp3) is 0.0625. The van der Waals surface area contributed by atoms with Gasteiger partial charge in [0, 0.05) is 22.7 Å². The topological polar surface area (TPSA) is 103 Å². The van der Waals surface area contributed by atoms with Crippen molar-refractivity contribution in [2.45, 2.75) is 6.54 Å². The molecule has 0 fully saturated rings. The Kier molecular flexibility index (Phi) is 4.71. The van der Waals surface area contributed by atoms with Gasteiger partial charge in [0.15, 0.2) is 0 Å². The van der Waals surface area contributed by atoms with E-state index in [2.05, 4.69) is 15.4 Å². The third-order valence-corrected chi connectivity index (χ3v) is 3.57. The summed E-state index contributed by atoms with van der Waals surface area (Å²) >= 11 is 5.94. The first-order valence-electron chi connectivity index (χ1n) is 7.21. The van der Waals surface area contributed by atoms with Gasteiger partial charge in [-0.25, -0.2) is 9.67 Å². The second kappa shape index (κ2) is 7.10. The van der Waals surface area contributed by atoms with Gasteiger partial charge in [-0.15, -0.1) is 5.10 Å². The molecular weight excluding hydrogens is 346 g/mol. The Labute approximate surface area is 147 Å². The largest absolute Gasteiger partial charge is 0.289 e. The standard InChI is InChI=1S/C16H12ClN5O3/c17-13-3-1-2-11(8-13)9-21-10-18-16(20-21)19-15(23)12-4-6-14(7-5-12)22(24)25/h1-8,10H,9H2,(H,19,20,23). The number of nitro benzene ring substituents is 1. The number of rotatable bonds is 5. The molecule has 0 radical (unpaired) electrons. The van der Waals surface area contributed by atoms with E-state index in [4.69, 9.17) is 11.6 Å². The second-order valence-electron chi connectivity index (χ2n) is 5.15. The number of nitro groups is 1. The predicted molar refractivity (Wildman–Crippen MR) is 91.6 cm³/mol. The Bertz CT molecular complexity index is 924. The summed E-state index contributed by atoms with van der Waals surface area (Å²) in [5, 5.41) is 18.0. The van der Waals surface area contributed by atoms with Crippen LogP contribution in [0.5, 0.6) is 0 Å². The number of anilines is 1. The number of carbonyl (C=O) groups is 1. The van der Waals surface area contributed by atoms with E-state index < -0.39 is 10.8 Å². The molecule has 0 unspecified atom stereocenters. The zero-order chi connectivity index (χ0) is 17.8. The van der Waals surface area contributed by atoms with E-state index in [-0.39, 0.29) is 17.2 Å². The Morgan fingerprint density at radius 3 is 2.68 bits per heavy atom. The molecule has 1 aromatic heterocycles. The quantitative estimate of drug-likeness (QED) is 0.558. The van der Waals surface area contributed by atoms with Crippen molar-refractivity contribution >= 4 is 29.1 Å². The number of non-ortho nitro benzene ring substituents is 1. The SMILES string of the molecule is O=C(Nc1ncn(Cc2cccc(Cl)c2)n1)c1ccc([N+](=O)[O-])cc1. The molecule has 1 N–H and O–H groups in total. The van der Waals surface area contributed by atoms with E-state index in [0.29, 0.717) is 11.6 Å². The minimum absolute atomic E-state index is 0.0829. The Morgan fingerprint density at radius 2 is 2.00 bits per heavy atom. The zero-order valence-electron chi connectivity index (χ0n) is 12.8. The number of amides is 1. The number of hydrogen-bond acceptors (Lipinski definition) is 5. The average Bonchev–Trinajstić information content (AvgIpc) is 3.01. The summed E-state index contributed by atoms with van der Waals surface area (Å²) in [6, 6.07) is 12.6. The molecule has 0 spiro atoms. The molecule has 126 valence electrons. The molecule has 2 aromatic carbocycles. The molecule has 3 rings (SSSR count). The molecule has 0 aliphatic rings. The van der Waals surface area contributed by atoms with Crippen molar-refractivity contribution in [3.63, 3.8) is 0 Å². The van der Waals surface area contributed by atoms with Gasteiger partial charge in [0.25, 0.3) is 11.6 Å². The maximum Gasteiger partial charge on any atom is 0.269 e. The highest BCUT2D eigenvalue weighted by atomic mass is 35.5. The van der Waals surface area contributed by atoms with Crippen LogP contribution in [-0.4, -0.2) is 25.6 Å². The van der Waals surface area contributed by atoms with Crippen molar-refractivity contribution in [2.75, 3.05) is 5.32 Å². The third-order valence-electron chi connectivity index (χ3n) is 3.34. The highest BCUT2D eigenvalue weighted by molar-refractivity contribution is 6.30. The number of hydrogen-bond donors (Lipinski definition) is 1. The van der Waals surface area contributed by atoms with Crippen molar-refractivity contribution in [1.29, 1.82) is 0 Å². The van der Waals surface area contributed by atoms with Gasteiger partial charge >= 0.3 is 0 Å². The first-order chi connectivity index (χ1) is 12.0. The number of nitrogens with zero attached hydrogens (tertiary/aromatic N) is 4. The van der Waals surface area contributed by atoms with E-state index in [0.717, 1.165) is 5.56 Å². The second-order valence-corrected chi connectivity index (χ2v) is 5.59. The minimum atomic E-state index is -0.527. The van der Waals surface area contributed by atoms with E-state index in [9.17, 15) is 14.9 Å². The summed E-state index contributed by atoms with van der Waals surface area (Å²) in [6.07, 6.45) is 1.49. The molecule has 0 atom stereocenters. The number of benzene rings is 2. The summed E-state index contributed by atoms with van der Waals surface area (Å²) in [6.45, 7) is 0.459. The maximum atomic E-state index is 12.1. The average molecular weight is 358 g/mol. The fourth-order valence-corrected chi connectivity index (χ4v) is 2.37. The molecule has 8 nitrogen and oxygen atoms in total. The van der Waals surface area contributed by atoms with Crippen LogP contribution in [0.25, 0.3) is 0 Å². The molecule has 0 saturated carbocycles. The van der Waals surface area contributed by atoms with E-state index >= 15 is 0 Å². The lowest BCUT2D eigenvalue weighted by atomic mass is 10.2. The Morgan fingerprint density at radius 1 is 1.24 bits per heavy atom. The van der Waals surface area contributed by atoms with Crippen molar-refractivity contribution in [3.8, 4) is 0 Å². The van der Waals surface area contributed by atoms with Gasteiger partial charge in [-0.05, 0) is 29.8 Å². The van der Waals surface area contributed by atoms with Gasteiger partial charge < -0.3 is 0 Å². The summed E-state index contributed by atoms with van der Waals surface area (Å²) in [4.78, 5) is 26.2. The molecule has 0 aliphatic heterocycles. The lowest BCUT2D eigenvalue weighted by Gasteiger charge is -2.02. The van der Waals surface area contributed by atoms with Crippen molar-refractivity contribution in [2.24, 2.45) is 0 Å². The van der Waals surface area contributed by atoms with Crippen molar-refractivity contribution in [3.05, 3.63) is 81.1 Å². The molecular formula is C16H12ClN5O3. The summed E-state index contributed by atoms with van der Waals surface area (Å²) < 4.78 is 1.57. The molecule has 0 bridgehead atoms. The summed E-state index contributed by atoms with van der Waals surface area (Å²) in [5.74, 6) is -0.305. The number of aromatic nitrogens is 3. The molecule has 3 aromatic rings. The third kappa shape index (κ3) is 4.18. The minimum Gasteiger partial charge on any atom is -0.289 e. The first kappa shape index (κ1) is 16.6. The Balaban J connectivity index is 1.66. The number of carbonyl (C=O) groups excluding carboxylic acids is 1. The van der Waals surface area contributed by atoms with Crippen LogP contribution in [-0.2, 0) is 6.54 Å². The van der Waals surface area contributed by atoms with Gasteiger partial charge in [-0.2, -0.15) is 0 Å². The van der Waals surface area contributed by atoms with E-state index in [1.165, 1.54) is 30.6 Å². The van der Waals surface area contributed by atoms with E-state index in [1.54, 1.807) is 10.7 Å². The van der Waals surface area contributed by atoms with Gasteiger partial charge in [-0.1, -0.05) is 23.7 Å². The molecule has 9 heteroatoms. The zero-order valence-corrected chi connectivity index (χ0v) is 13.6. The van der Waals surface area contributed by atoms with Crippen molar-refractivity contribution < 1.29 is 9.72 Å². The van der Waals surface area contributed by atoms with Crippen LogP contribution in [0.4, 0.5) is 11.6 Å². The maximum absolute atomic E-state index is 12.1. The van der Waals surface area contributed by atoms with Crippen LogP contribution >= 0.6 is 11.6 Å². The monoisotopic (exact) mass is 357 g/mol. The summed E-state index contributed by atoms with van der Waals surface area (Å²) in [5.41, 5.74) is 1.14. The number of halogens is 1. The van der Waals surface area contributed by atoms with Gasteiger partial charge in [0.05, 0.1) is 11.5 Å². The van der Waals surface area contributed by atoms with Gasteiger partial charge in [0.2, 0.25) is 5.95 Å². The van der Waals surface area contributed by atoms with Crippen LogP contribution in [0.1, 0.15) is 15.9 Å². The molecule has 1 amide bonds. The normalized spacial score (nSPS) is 10.4. The highest BCUT2D eigenvalue weighted by Crippen LogP contribution is 2.14. The smallest absolute Gasteiger partial charge is 0.269 e. The van der Waals surface area contributed by atoms with Crippen LogP contribution in [0.3, 0.4) is 0 Å². The first-order valence-corrected chi connectivity index (χ1v) is 7.59. The van der Waals surface area contributed by atoms with Crippen LogP contribution < -0.4 is 5.32 Å². The van der Waals surface area contributed by atoms with Crippen molar-refractivity contribution in [1.82, 2.24) is 14.8 Å². The number of nitrogens with one attached hydrogen (secondary N) is 1. The van der Waals surface area contributed by atoms with Crippen LogP contribution in [0, 0.1) is 10.1 Å². The lowest BCUT2D eigenvalue weighted by Crippen LogP contribution is -2.13. The fourth-order valence-electron chi connectivity index (χ4n) is 2.16. The molecule has 0 saturated heterocycles. The molecule has 1 heterocycles. The molecule has 25 heavy (non-hydrogen) atoms. The molecule has 0 aliphatic carbocycles.